The van der Waals surface area contributed by atoms with E-state index in [1.165, 1.54) is 12.1 Å². The molecule has 1 aromatic carbocycles. The quantitative estimate of drug-likeness (QED) is 0.439. The minimum Gasteiger partial charge on any atom is -0.492 e. The third-order valence-corrected chi connectivity index (χ3v) is 2.78. The molecule has 0 aliphatic rings. The van der Waals surface area contributed by atoms with Crippen LogP contribution in [0.2, 0.25) is 0 Å². The van der Waals surface area contributed by atoms with Crippen LogP contribution in [-0.4, -0.2) is 24.6 Å². The number of ether oxygens (including phenoxy) is 1. The maximum atomic E-state index is 10.5. The van der Waals surface area contributed by atoms with E-state index in [0.29, 0.717) is 18.3 Å². The van der Waals surface area contributed by atoms with Crippen LogP contribution in [0, 0.1) is 16.0 Å². The molecule has 1 N–H and O–H groups in total. The highest BCUT2D eigenvalue weighted by atomic mass is 16.6. The molecule has 5 nitrogen and oxygen atoms in total. The Hall–Kier alpha value is -1.62. The van der Waals surface area contributed by atoms with Gasteiger partial charge in [0.1, 0.15) is 12.4 Å². The third-order valence-electron chi connectivity index (χ3n) is 2.78. The van der Waals surface area contributed by atoms with Crippen LogP contribution in [0.25, 0.3) is 0 Å². The SMILES string of the molecule is CCC(C)CNCCOc1ccc([N+](=O)[O-])cc1. The zero-order valence-corrected chi connectivity index (χ0v) is 10.9. The maximum Gasteiger partial charge on any atom is 0.269 e. The van der Waals surface area contributed by atoms with Crippen LogP contribution in [-0.2, 0) is 0 Å². The van der Waals surface area contributed by atoms with Crippen molar-refractivity contribution in [3.8, 4) is 5.75 Å². The molecule has 0 amide bonds. The van der Waals surface area contributed by atoms with Crippen molar-refractivity contribution in [3.05, 3.63) is 34.4 Å². The van der Waals surface area contributed by atoms with Gasteiger partial charge in [-0.3, -0.25) is 10.1 Å². The van der Waals surface area contributed by atoms with Gasteiger partial charge in [-0.05, 0) is 24.6 Å². The highest BCUT2D eigenvalue weighted by Crippen LogP contribution is 2.16. The molecule has 0 aliphatic carbocycles. The van der Waals surface area contributed by atoms with Gasteiger partial charge in [0.2, 0.25) is 0 Å². The van der Waals surface area contributed by atoms with Crippen LogP contribution < -0.4 is 10.1 Å². The summed E-state index contributed by atoms with van der Waals surface area (Å²) in [5.74, 6) is 1.33. The Morgan fingerprint density at radius 2 is 2.06 bits per heavy atom. The molecule has 1 unspecified atom stereocenters. The number of benzene rings is 1. The molecule has 0 bridgehead atoms. The standard InChI is InChI=1S/C13H20N2O3/c1-3-11(2)10-14-8-9-18-13-6-4-12(5-7-13)15(16)17/h4-7,11,14H,3,8-10H2,1-2H3. The topological polar surface area (TPSA) is 64.4 Å². The molecule has 1 atom stereocenters. The van der Waals surface area contributed by atoms with E-state index in [2.05, 4.69) is 19.2 Å². The van der Waals surface area contributed by atoms with Crippen LogP contribution in [0.15, 0.2) is 24.3 Å². The summed E-state index contributed by atoms with van der Waals surface area (Å²) in [5.41, 5.74) is 0.0808. The van der Waals surface area contributed by atoms with Gasteiger partial charge >= 0.3 is 0 Å². The second-order valence-corrected chi connectivity index (χ2v) is 4.32. The second kappa shape index (κ2) is 7.66. The molecule has 1 aromatic rings. The smallest absolute Gasteiger partial charge is 0.269 e. The monoisotopic (exact) mass is 252 g/mol. The van der Waals surface area contributed by atoms with Crippen molar-refractivity contribution in [2.45, 2.75) is 20.3 Å². The van der Waals surface area contributed by atoms with Crippen molar-refractivity contribution in [3.63, 3.8) is 0 Å². The minimum absolute atomic E-state index is 0.0808. The Kier molecular flexibility index (Phi) is 6.14. The molecule has 0 fully saturated rings. The van der Waals surface area contributed by atoms with Crippen molar-refractivity contribution in [2.75, 3.05) is 19.7 Å². The largest absolute Gasteiger partial charge is 0.492 e. The summed E-state index contributed by atoms with van der Waals surface area (Å²) in [6, 6.07) is 6.13. The summed E-state index contributed by atoms with van der Waals surface area (Å²) >= 11 is 0. The lowest BCUT2D eigenvalue weighted by Crippen LogP contribution is -2.25. The zero-order chi connectivity index (χ0) is 13.4. The number of rotatable bonds is 8. The van der Waals surface area contributed by atoms with Crippen molar-refractivity contribution in [1.82, 2.24) is 5.32 Å². The number of hydrogen-bond donors (Lipinski definition) is 1. The van der Waals surface area contributed by atoms with E-state index in [1.807, 2.05) is 0 Å². The van der Waals surface area contributed by atoms with E-state index < -0.39 is 4.92 Å². The Bertz CT molecular complexity index is 365. The fourth-order valence-corrected chi connectivity index (χ4v) is 1.40. The van der Waals surface area contributed by atoms with Gasteiger partial charge in [0, 0.05) is 18.7 Å². The van der Waals surface area contributed by atoms with Crippen LogP contribution in [0.3, 0.4) is 0 Å². The van der Waals surface area contributed by atoms with Crippen molar-refractivity contribution in [2.24, 2.45) is 5.92 Å². The number of nitrogens with one attached hydrogen (secondary N) is 1. The number of hydrogen-bond acceptors (Lipinski definition) is 4. The van der Waals surface area contributed by atoms with Crippen molar-refractivity contribution in [1.29, 1.82) is 0 Å². The number of nitro benzene ring substituents is 1. The molecule has 0 heterocycles. The first kappa shape index (κ1) is 14.4. The van der Waals surface area contributed by atoms with Gasteiger partial charge in [-0.1, -0.05) is 20.3 Å². The molecule has 0 aromatic heterocycles. The van der Waals surface area contributed by atoms with Crippen LogP contribution in [0.1, 0.15) is 20.3 Å². The Morgan fingerprint density at radius 3 is 2.61 bits per heavy atom. The van der Waals surface area contributed by atoms with Crippen LogP contribution in [0.4, 0.5) is 5.69 Å². The highest BCUT2D eigenvalue weighted by molar-refractivity contribution is 5.35. The normalized spacial score (nSPS) is 12.1. The molecule has 0 saturated carbocycles. The lowest BCUT2D eigenvalue weighted by atomic mass is 10.1. The first-order valence-corrected chi connectivity index (χ1v) is 6.21. The summed E-state index contributed by atoms with van der Waals surface area (Å²) in [6.45, 7) is 6.69. The Labute approximate surface area is 107 Å². The molecule has 0 spiro atoms. The fourth-order valence-electron chi connectivity index (χ4n) is 1.40. The first-order chi connectivity index (χ1) is 8.63. The van der Waals surface area contributed by atoms with E-state index in [0.717, 1.165) is 19.5 Å². The molecular formula is C13H20N2O3. The lowest BCUT2D eigenvalue weighted by Gasteiger charge is -2.10. The van der Waals surface area contributed by atoms with Gasteiger partial charge in [-0.15, -0.1) is 0 Å². The van der Waals surface area contributed by atoms with E-state index in [1.54, 1.807) is 12.1 Å². The predicted octanol–water partition coefficient (Wildman–Crippen LogP) is 2.61. The van der Waals surface area contributed by atoms with Gasteiger partial charge in [0.15, 0.2) is 0 Å². The molecule has 0 radical (unpaired) electrons. The zero-order valence-electron chi connectivity index (χ0n) is 10.9. The van der Waals surface area contributed by atoms with Crippen molar-refractivity contribution >= 4 is 5.69 Å². The summed E-state index contributed by atoms with van der Waals surface area (Å²) in [6.07, 6.45) is 1.16. The van der Waals surface area contributed by atoms with Gasteiger partial charge in [-0.25, -0.2) is 0 Å². The lowest BCUT2D eigenvalue weighted by molar-refractivity contribution is -0.384. The average Bonchev–Trinajstić information content (AvgIpc) is 2.38. The summed E-state index contributed by atoms with van der Waals surface area (Å²) in [4.78, 5) is 10.0. The minimum atomic E-state index is -0.419. The second-order valence-electron chi connectivity index (χ2n) is 4.32. The summed E-state index contributed by atoms with van der Waals surface area (Å²) < 4.78 is 5.47. The molecule has 0 aliphatic heterocycles. The predicted molar refractivity (Wildman–Crippen MR) is 70.9 cm³/mol. The van der Waals surface area contributed by atoms with Crippen LogP contribution >= 0.6 is 0 Å². The van der Waals surface area contributed by atoms with Gasteiger partial charge in [-0.2, -0.15) is 0 Å². The Morgan fingerprint density at radius 1 is 1.39 bits per heavy atom. The maximum absolute atomic E-state index is 10.5. The van der Waals surface area contributed by atoms with Crippen LogP contribution in [0.5, 0.6) is 5.75 Å². The van der Waals surface area contributed by atoms with E-state index >= 15 is 0 Å². The molecule has 100 valence electrons. The molecular weight excluding hydrogens is 232 g/mol. The number of nitro groups is 1. The van der Waals surface area contributed by atoms with E-state index in [-0.39, 0.29) is 5.69 Å². The number of non-ortho nitro benzene ring substituents is 1. The molecule has 18 heavy (non-hydrogen) atoms. The van der Waals surface area contributed by atoms with E-state index in [9.17, 15) is 10.1 Å². The summed E-state index contributed by atoms with van der Waals surface area (Å²) in [7, 11) is 0. The van der Waals surface area contributed by atoms with Crippen molar-refractivity contribution < 1.29 is 9.66 Å². The first-order valence-electron chi connectivity index (χ1n) is 6.21. The Balaban J connectivity index is 2.21. The third kappa shape index (κ3) is 5.14. The summed E-state index contributed by atoms with van der Waals surface area (Å²) in [5, 5.41) is 13.8. The highest BCUT2D eigenvalue weighted by Gasteiger charge is 2.04. The average molecular weight is 252 g/mol. The molecule has 1 rings (SSSR count). The van der Waals surface area contributed by atoms with E-state index in [4.69, 9.17) is 4.74 Å². The fraction of sp³-hybridized carbons (Fsp3) is 0.538. The number of nitrogens with zero attached hydrogens (tertiary/aromatic N) is 1. The molecule has 5 heteroatoms. The van der Waals surface area contributed by atoms with Gasteiger partial charge in [0.25, 0.3) is 5.69 Å². The van der Waals surface area contributed by atoms with Gasteiger partial charge < -0.3 is 10.1 Å². The molecule has 0 saturated heterocycles. The van der Waals surface area contributed by atoms with Gasteiger partial charge in [0.05, 0.1) is 4.92 Å².